The van der Waals surface area contributed by atoms with Crippen LogP contribution in [0.2, 0.25) is 0 Å². The minimum Gasteiger partial charge on any atom is -0.336 e. The number of benzene rings is 1. The number of rotatable bonds is 4. The normalized spacial score (nSPS) is 15.7. The fourth-order valence-corrected chi connectivity index (χ4v) is 4.16. The van der Waals surface area contributed by atoms with Gasteiger partial charge in [-0.2, -0.15) is 0 Å². The molecule has 3 nitrogen and oxygen atoms in total. The third-order valence-electron chi connectivity index (χ3n) is 4.67. The van der Waals surface area contributed by atoms with E-state index in [9.17, 15) is 9.18 Å². The van der Waals surface area contributed by atoms with Crippen LogP contribution in [0.4, 0.5) is 4.39 Å². The van der Waals surface area contributed by atoms with Gasteiger partial charge in [0.1, 0.15) is 5.82 Å². The van der Waals surface area contributed by atoms with Crippen LogP contribution in [0.15, 0.2) is 29.6 Å². The van der Waals surface area contributed by atoms with E-state index < -0.39 is 0 Å². The van der Waals surface area contributed by atoms with Gasteiger partial charge in [0, 0.05) is 43.0 Å². The van der Waals surface area contributed by atoms with Crippen LogP contribution < -0.4 is 0 Å². The van der Waals surface area contributed by atoms with Crippen molar-refractivity contribution in [3.8, 4) is 0 Å². The second kappa shape index (κ2) is 7.45. The predicted molar refractivity (Wildman–Crippen MR) is 96.0 cm³/mol. The van der Waals surface area contributed by atoms with Crippen molar-refractivity contribution in [3.05, 3.63) is 57.0 Å². The molecule has 1 amide bonds. The summed E-state index contributed by atoms with van der Waals surface area (Å²) in [5, 5.41) is 2.00. The molecule has 1 aromatic carbocycles. The van der Waals surface area contributed by atoms with Gasteiger partial charge in [-0.05, 0) is 36.6 Å². The van der Waals surface area contributed by atoms with Crippen molar-refractivity contribution in [1.29, 1.82) is 0 Å². The maximum atomic E-state index is 13.0. The standard InChI is InChI=1S/C19H23FN2OS/c1-3-17-14(2)24-13-18(17)19(23)22-10-8-21(9-11-22)12-15-4-6-16(20)7-5-15/h4-7,13H,3,8-12H2,1-2H3. The summed E-state index contributed by atoms with van der Waals surface area (Å²) >= 11 is 1.66. The monoisotopic (exact) mass is 346 g/mol. The average molecular weight is 346 g/mol. The Bertz CT molecular complexity index is 703. The summed E-state index contributed by atoms with van der Waals surface area (Å²) < 4.78 is 13.0. The summed E-state index contributed by atoms with van der Waals surface area (Å²) in [6.07, 6.45) is 0.904. The van der Waals surface area contributed by atoms with Gasteiger partial charge in [-0.1, -0.05) is 19.1 Å². The van der Waals surface area contributed by atoms with Crippen molar-refractivity contribution < 1.29 is 9.18 Å². The van der Waals surface area contributed by atoms with Crippen molar-refractivity contribution in [1.82, 2.24) is 9.80 Å². The van der Waals surface area contributed by atoms with Crippen LogP contribution in [0.25, 0.3) is 0 Å². The van der Waals surface area contributed by atoms with Crippen LogP contribution in [0, 0.1) is 12.7 Å². The molecule has 0 N–H and O–H groups in total. The van der Waals surface area contributed by atoms with E-state index in [2.05, 4.69) is 18.7 Å². The summed E-state index contributed by atoms with van der Waals surface area (Å²) in [5.74, 6) is -0.0374. The number of carbonyl (C=O) groups is 1. The summed E-state index contributed by atoms with van der Waals surface area (Å²) in [6, 6.07) is 6.66. The van der Waals surface area contributed by atoms with Crippen molar-refractivity contribution in [2.75, 3.05) is 26.2 Å². The minimum absolute atomic E-state index is 0.164. The Kier molecular flexibility index (Phi) is 5.31. The number of aryl methyl sites for hydroxylation is 1. The van der Waals surface area contributed by atoms with Gasteiger partial charge in [-0.3, -0.25) is 9.69 Å². The van der Waals surface area contributed by atoms with E-state index in [1.165, 1.54) is 22.6 Å². The van der Waals surface area contributed by atoms with Crippen LogP contribution in [0.3, 0.4) is 0 Å². The lowest BCUT2D eigenvalue weighted by molar-refractivity contribution is 0.0628. The van der Waals surface area contributed by atoms with Crippen molar-refractivity contribution in [3.63, 3.8) is 0 Å². The zero-order chi connectivity index (χ0) is 17.1. The minimum atomic E-state index is -0.202. The fraction of sp³-hybridized carbons (Fsp3) is 0.421. The number of piperazine rings is 1. The second-order valence-corrected chi connectivity index (χ2v) is 7.32. The Morgan fingerprint density at radius 3 is 2.46 bits per heavy atom. The highest BCUT2D eigenvalue weighted by Gasteiger charge is 2.24. The first-order valence-corrected chi connectivity index (χ1v) is 9.29. The molecular weight excluding hydrogens is 323 g/mol. The van der Waals surface area contributed by atoms with E-state index >= 15 is 0 Å². The fourth-order valence-electron chi connectivity index (χ4n) is 3.23. The number of halogens is 1. The first-order chi connectivity index (χ1) is 11.6. The first kappa shape index (κ1) is 17.1. The second-order valence-electron chi connectivity index (χ2n) is 6.23. The van der Waals surface area contributed by atoms with Gasteiger partial charge < -0.3 is 4.90 Å². The van der Waals surface area contributed by atoms with E-state index in [0.717, 1.165) is 50.3 Å². The molecule has 0 bridgehead atoms. The molecule has 128 valence electrons. The third kappa shape index (κ3) is 3.68. The molecule has 0 aliphatic carbocycles. The van der Waals surface area contributed by atoms with Crippen molar-refractivity contribution >= 4 is 17.2 Å². The molecule has 1 aliphatic heterocycles. The summed E-state index contributed by atoms with van der Waals surface area (Å²) in [4.78, 5) is 18.3. The van der Waals surface area contributed by atoms with Crippen LogP contribution in [0.1, 0.15) is 33.3 Å². The van der Waals surface area contributed by atoms with Gasteiger partial charge in [-0.15, -0.1) is 11.3 Å². The van der Waals surface area contributed by atoms with Gasteiger partial charge in [0.2, 0.25) is 0 Å². The highest BCUT2D eigenvalue weighted by Crippen LogP contribution is 2.24. The Balaban J connectivity index is 1.58. The van der Waals surface area contributed by atoms with E-state index in [1.807, 2.05) is 22.4 Å². The first-order valence-electron chi connectivity index (χ1n) is 8.41. The van der Waals surface area contributed by atoms with Gasteiger partial charge in [0.25, 0.3) is 5.91 Å². The lowest BCUT2D eigenvalue weighted by Crippen LogP contribution is -2.48. The third-order valence-corrected chi connectivity index (χ3v) is 5.62. The molecule has 5 heteroatoms. The van der Waals surface area contributed by atoms with E-state index in [1.54, 1.807) is 11.3 Å². The van der Waals surface area contributed by atoms with Crippen LogP contribution in [-0.2, 0) is 13.0 Å². The summed E-state index contributed by atoms with van der Waals surface area (Å²) in [5.41, 5.74) is 3.18. The van der Waals surface area contributed by atoms with Crippen LogP contribution >= 0.6 is 11.3 Å². The Morgan fingerprint density at radius 2 is 1.83 bits per heavy atom. The van der Waals surface area contributed by atoms with Gasteiger partial charge in [0.15, 0.2) is 0 Å². The number of amides is 1. The van der Waals surface area contributed by atoms with Gasteiger partial charge >= 0.3 is 0 Å². The number of thiophene rings is 1. The highest BCUT2D eigenvalue weighted by molar-refractivity contribution is 7.10. The maximum Gasteiger partial charge on any atom is 0.255 e. The summed E-state index contributed by atoms with van der Waals surface area (Å²) in [6.45, 7) is 8.20. The molecule has 1 aliphatic rings. The quantitative estimate of drug-likeness (QED) is 0.842. The molecule has 1 aromatic heterocycles. The predicted octanol–water partition coefficient (Wildman–Crippen LogP) is 3.72. The lowest BCUT2D eigenvalue weighted by atomic mass is 10.1. The molecule has 0 saturated carbocycles. The largest absolute Gasteiger partial charge is 0.336 e. The molecular formula is C19H23FN2OS. The lowest BCUT2D eigenvalue weighted by Gasteiger charge is -2.34. The van der Waals surface area contributed by atoms with Gasteiger partial charge in [0.05, 0.1) is 5.56 Å². The number of hydrogen-bond acceptors (Lipinski definition) is 3. The van der Waals surface area contributed by atoms with Crippen molar-refractivity contribution in [2.45, 2.75) is 26.8 Å². The molecule has 0 atom stereocenters. The average Bonchev–Trinajstić information content (AvgIpc) is 2.97. The van der Waals surface area contributed by atoms with Crippen molar-refractivity contribution in [2.24, 2.45) is 0 Å². The van der Waals surface area contributed by atoms with E-state index in [0.29, 0.717) is 0 Å². The molecule has 1 fully saturated rings. The SMILES string of the molecule is CCc1c(C(=O)N2CCN(Cc3ccc(F)cc3)CC2)csc1C. The molecule has 0 unspecified atom stereocenters. The molecule has 1 saturated heterocycles. The molecule has 2 aromatic rings. The summed E-state index contributed by atoms with van der Waals surface area (Å²) in [7, 11) is 0. The van der Waals surface area contributed by atoms with Gasteiger partial charge in [-0.25, -0.2) is 4.39 Å². The Labute approximate surface area is 146 Å². The number of nitrogens with zero attached hydrogens (tertiary/aromatic N) is 2. The zero-order valence-electron chi connectivity index (χ0n) is 14.2. The number of hydrogen-bond donors (Lipinski definition) is 0. The maximum absolute atomic E-state index is 13.0. The Hall–Kier alpha value is -1.72. The highest BCUT2D eigenvalue weighted by atomic mass is 32.1. The molecule has 2 heterocycles. The topological polar surface area (TPSA) is 23.6 Å². The number of carbonyl (C=O) groups excluding carboxylic acids is 1. The molecule has 0 radical (unpaired) electrons. The zero-order valence-corrected chi connectivity index (χ0v) is 15.0. The van der Waals surface area contributed by atoms with E-state index in [-0.39, 0.29) is 11.7 Å². The van der Waals surface area contributed by atoms with Crippen LogP contribution in [-0.4, -0.2) is 41.9 Å². The van der Waals surface area contributed by atoms with E-state index in [4.69, 9.17) is 0 Å². The molecule has 3 rings (SSSR count). The molecule has 24 heavy (non-hydrogen) atoms. The van der Waals surface area contributed by atoms with Crippen LogP contribution in [0.5, 0.6) is 0 Å². The smallest absolute Gasteiger partial charge is 0.255 e. The Morgan fingerprint density at radius 1 is 1.17 bits per heavy atom. The molecule has 0 spiro atoms.